The van der Waals surface area contributed by atoms with Crippen LogP contribution in [0.5, 0.6) is 0 Å². The molecule has 1 aliphatic heterocycles. The summed E-state index contributed by atoms with van der Waals surface area (Å²) in [5.41, 5.74) is 11.3. The molecule has 4 N–H and O–H groups in total. The Morgan fingerprint density at radius 3 is 2.96 bits per heavy atom. The summed E-state index contributed by atoms with van der Waals surface area (Å²) >= 11 is 0. The maximum absolute atomic E-state index is 6.23. The highest BCUT2D eigenvalue weighted by atomic mass is 16.5. The summed E-state index contributed by atoms with van der Waals surface area (Å²) in [5, 5.41) is 9.05. The third kappa shape index (κ3) is 2.46. The van der Waals surface area contributed by atoms with Gasteiger partial charge in [0, 0.05) is 41.3 Å². The fourth-order valence-electron chi connectivity index (χ4n) is 3.70. The maximum atomic E-state index is 6.23. The number of hydrogen-bond donors (Lipinski definition) is 3. The van der Waals surface area contributed by atoms with Crippen molar-refractivity contribution in [1.82, 2.24) is 20.2 Å². The van der Waals surface area contributed by atoms with Crippen molar-refractivity contribution in [2.75, 3.05) is 12.3 Å². The second-order valence-corrected chi connectivity index (χ2v) is 6.62. The lowest BCUT2D eigenvalue weighted by Crippen LogP contribution is -2.08. The van der Waals surface area contributed by atoms with E-state index in [1.165, 1.54) is 0 Å². The number of anilines is 1. The number of nitrogens with two attached hydrogens (primary N) is 1. The Hall–Kier alpha value is -2.86. The number of nitrogens with one attached hydrogen (secondary N) is 2. The molecule has 0 aliphatic carbocycles. The number of nitrogens with zero attached hydrogens (tertiary/aromatic N) is 2. The first kappa shape index (κ1) is 14.5. The molecular weight excluding hydrogens is 314 g/mol. The summed E-state index contributed by atoms with van der Waals surface area (Å²) in [6.45, 7) is 0.869. The van der Waals surface area contributed by atoms with Gasteiger partial charge in [0.2, 0.25) is 0 Å². The van der Waals surface area contributed by atoms with Gasteiger partial charge in [-0.3, -0.25) is 5.10 Å². The molecule has 0 spiro atoms. The second kappa shape index (κ2) is 5.60. The summed E-state index contributed by atoms with van der Waals surface area (Å²) < 4.78 is 5.75. The van der Waals surface area contributed by atoms with Gasteiger partial charge in [0.15, 0.2) is 0 Å². The molecule has 1 aromatic carbocycles. The molecule has 3 aromatic heterocycles. The molecule has 4 heterocycles. The van der Waals surface area contributed by atoms with E-state index in [0.717, 1.165) is 64.6 Å². The molecule has 0 bridgehead atoms. The molecule has 0 saturated carbocycles. The van der Waals surface area contributed by atoms with Crippen molar-refractivity contribution >= 4 is 27.6 Å². The van der Waals surface area contributed by atoms with E-state index < -0.39 is 0 Å². The monoisotopic (exact) mass is 333 g/mol. The van der Waals surface area contributed by atoms with E-state index in [0.29, 0.717) is 11.9 Å². The van der Waals surface area contributed by atoms with Crippen molar-refractivity contribution in [3.8, 4) is 11.3 Å². The molecule has 6 heteroatoms. The van der Waals surface area contributed by atoms with Gasteiger partial charge < -0.3 is 15.5 Å². The van der Waals surface area contributed by atoms with Crippen LogP contribution in [0, 0.1) is 0 Å². The van der Waals surface area contributed by atoms with Crippen LogP contribution in [0.4, 0.5) is 5.82 Å². The number of hydrogen-bond acceptors (Lipinski definition) is 4. The van der Waals surface area contributed by atoms with Gasteiger partial charge in [-0.25, -0.2) is 4.98 Å². The number of H-pyrrole nitrogens is 2. The number of rotatable bonds is 3. The quantitative estimate of drug-likeness (QED) is 0.536. The lowest BCUT2D eigenvalue weighted by molar-refractivity contribution is 0.111. The van der Waals surface area contributed by atoms with Gasteiger partial charge in [-0.15, -0.1) is 0 Å². The number of fused-ring (bicyclic) bond motifs is 3. The van der Waals surface area contributed by atoms with Crippen LogP contribution in [0.3, 0.4) is 0 Å². The highest BCUT2D eigenvalue weighted by molar-refractivity contribution is 6.08. The minimum Gasteiger partial charge on any atom is -0.383 e. The van der Waals surface area contributed by atoms with Crippen molar-refractivity contribution < 1.29 is 4.74 Å². The van der Waals surface area contributed by atoms with E-state index in [9.17, 15) is 0 Å². The zero-order chi connectivity index (χ0) is 16.8. The Labute approximate surface area is 144 Å². The zero-order valence-corrected chi connectivity index (χ0v) is 13.7. The van der Waals surface area contributed by atoms with E-state index in [1.54, 1.807) is 6.20 Å². The summed E-state index contributed by atoms with van der Waals surface area (Å²) in [4.78, 5) is 8.15. The van der Waals surface area contributed by atoms with Crippen LogP contribution in [-0.4, -0.2) is 32.9 Å². The van der Waals surface area contributed by atoms with Crippen LogP contribution >= 0.6 is 0 Å². The van der Waals surface area contributed by atoms with E-state index in [2.05, 4.69) is 38.4 Å². The van der Waals surface area contributed by atoms with Crippen LogP contribution in [-0.2, 0) is 11.2 Å². The van der Waals surface area contributed by atoms with Crippen molar-refractivity contribution in [2.45, 2.75) is 25.4 Å². The smallest absolute Gasteiger partial charge is 0.133 e. The number of nitrogen functional groups attached to an aromatic ring is 1. The average molecular weight is 333 g/mol. The summed E-state index contributed by atoms with van der Waals surface area (Å²) in [7, 11) is 0. The van der Waals surface area contributed by atoms with Gasteiger partial charge in [0.25, 0.3) is 0 Å². The Kier molecular flexibility index (Phi) is 3.24. The second-order valence-electron chi connectivity index (χ2n) is 6.62. The first-order valence-electron chi connectivity index (χ1n) is 8.60. The Morgan fingerprint density at radius 1 is 1.20 bits per heavy atom. The molecule has 1 atom stereocenters. The van der Waals surface area contributed by atoms with Gasteiger partial charge in [-0.2, -0.15) is 5.10 Å². The van der Waals surface area contributed by atoms with Crippen LogP contribution < -0.4 is 5.73 Å². The molecule has 0 amide bonds. The van der Waals surface area contributed by atoms with Gasteiger partial charge in [-0.1, -0.05) is 12.1 Å². The van der Waals surface area contributed by atoms with E-state index in [4.69, 9.17) is 10.5 Å². The van der Waals surface area contributed by atoms with E-state index in [-0.39, 0.29) is 0 Å². The molecule has 1 saturated heterocycles. The first-order chi connectivity index (χ1) is 12.3. The van der Waals surface area contributed by atoms with E-state index >= 15 is 0 Å². The fourth-order valence-corrected chi connectivity index (χ4v) is 3.70. The molecule has 1 fully saturated rings. The number of aromatic amines is 2. The van der Waals surface area contributed by atoms with E-state index in [1.807, 2.05) is 12.1 Å². The predicted molar refractivity (Wildman–Crippen MR) is 98.3 cm³/mol. The molecule has 1 aliphatic rings. The predicted octanol–water partition coefficient (Wildman–Crippen LogP) is 3.41. The normalized spacial score (nSPS) is 17.7. The molecule has 6 nitrogen and oxygen atoms in total. The standard InChI is InChI=1S/C19H19N5O/c20-19-15-10-12(9-13-2-1-7-25-13)22-18(15)14-4-3-11(8-17(14)23-19)16-5-6-21-24-16/h3-6,8,10,13,22H,1-2,7,9H2,(H2,20,23)(H,21,24). The highest BCUT2D eigenvalue weighted by Gasteiger charge is 2.18. The summed E-state index contributed by atoms with van der Waals surface area (Å²) in [5.74, 6) is 0.555. The first-order valence-corrected chi connectivity index (χ1v) is 8.60. The van der Waals surface area contributed by atoms with Crippen LogP contribution in [0.25, 0.3) is 33.1 Å². The van der Waals surface area contributed by atoms with Gasteiger partial charge in [-0.05, 0) is 31.0 Å². The summed E-state index contributed by atoms with van der Waals surface area (Å²) in [6.07, 6.45) is 5.21. The van der Waals surface area contributed by atoms with Crippen LogP contribution in [0.2, 0.25) is 0 Å². The third-order valence-electron chi connectivity index (χ3n) is 4.94. The number of pyridine rings is 1. The molecule has 4 aromatic rings. The van der Waals surface area contributed by atoms with Crippen LogP contribution in [0.1, 0.15) is 18.5 Å². The minimum absolute atomic E-state index is 0.306. The van der Waals surface area contributed by atoms with Gasteiger partial charge in [0.1, 0.15) is 5.82 Å². The summed E-state index contributed by atoms with van der Waals surface area (Å²) in [6, 6.07) is 10.3. The molecular formula is C19H19N5O. The number of aromatic nitrogens is 4. The fraction of sp³-hybridized carbons (Fsp3) is 0.263. The molecule has 126 valence electrons. The van der Waals surface area contributed by atoms with Gasteiger partial charge >= 0.3 is 0 Å². The molecule has 5 rings (SSSR count). The Morgan fingerprint density at radius 2 is 2.16 bits per heavy atom. The van der Waals surface area contributed by atoms with Crippen molar-refractivity contribution in [1.29, 1.82) is 0 Å². The largest absolute Gasteiger partial charge is 0.383 e. The SMILES string of the molecule is Nc1nc2cc(-c3ccn[nH]3)ccc2c2[nH]c(CC3CCCO3)cc12. The zero-order valence-electron chi connectivity index (χ0n) is 13.7. The lowest BCUT2D eigenvalue weighted by Gasteiger charge is -2.06. The molecule has 25 heavy (non-hydrogen) atoms. The third-order valence-corrected chi connectivity index (χ3v) is 4.94. The lowest BCUT2D eigenvalue weighted by atomic mass is 10.1. The topological polar surface area (TPSA) is 92.6 Å². The van der Waals surface area contributed by atoms with Crippen molar-refractivity contribution in [3.05, 3.63) is 42.2 Å². The molecule has 0 radical (unpaired) electrons. The van der Waals surface area contributed by atoms with Crippen molar-refractivity contribution in [2.24, 2.45) is 0 Å². The number of ether oxygens (including phenoxy) is 1. The minimum atomic E-state index is 0.306. The Bertz CT molecular complexity index is 1040. The Balaban J connectivity index is 1.62. The average Bonchev–Trinajstić information content (AvgIpc) is 3.36. The highest BCUT2D eigenvalue weighted by Crippen LogP contribution is 2.31. The van der Waals surface area contributed by atoms with Gasteiger partial charge in [0.05, 0.1) is 22.8 Å². The maximum Gasteiger partial charge on any atom is 0.133 e. The van der Waals surface area contributed by atoms with Crippen LogP contribution in [0.15, 0.2) is 36.5 Å². The number of benzene rings is 1. The molecule has 1 unspecified atom stereocenters. The van der Waals surface area contributed by atoms with Crippen molar-refractivity contribution in [3.63, 3.8) is 0 Å².